The molecule has 7 heteroatoms. The Labute approximate surface area is 115 Å². The van der Waals surface area contributed by atoms with Gasteiger partial charge in [-0.25, -0.2) is 4.39 Å². The molecule has 0 bridgehead atoms. The summed E-state index contributed by atoms with van der Waals surface area (Å²) in [5.74, 6) is -2.08. The molecule has 0 saturated heterocycles. The zero-order chi connectivity index (χ0) is 15.6. The van der Waals surface area contributed by atoms with E-state index in [0.29, 0.717) is 0 Å². The van der Waals surface area contributed by atoms with Crippen LogP contribution >= 0.6 is 0 Å². The lowest BCUT2D eigenvalue weighted by Gasteiger charge is -2.16. The molecule has 2 aromatic carbocycles. The van der Waals surface area contributed by atoms with Crippen molar-refractivity contribution in [3.63, 3.8) is 0 Å². The van der Waals surface area contributed by atoms with Crippen molar-refractivity contribution < 1.29 is 31.1 Å². The second-order valence-corrected chi connectivity index (χ2v) is 4.04. The van der Waals surface area contributed by atoms with Gasteiger partial charge in [-0.05, 0) is 17.7 Å². The Morgan fingerprint density at radius 2 is 1.48 bits per heavy atom. The van der Waals surface area contributed by atoms with Gasteiger partial charge in [-0.2, -0.15) is 22.0 Å². The zero-order valence-corrected chi connectivity index (χ0v) is 10.3. The van der Waals surface area contributed by atoms with Gasteiger partial charge in [0.25, 0.3) is 0 Å². The smallest absolute Gasteiger partial charge is 0.417 e. The maximum absolute atomic E-state index is 13.6. The molecule has 0 unspecified atom stereocenters. The van der Waals surface area contributed by atoms with Crippen LogP contribution in [0.1, 0.15) is 5.56 Å². The van der Waals surface area contributed by atoms with Crippen molar-refractivity contribution in [2.75, 3.05) is 0 Å². The van der Waals surface area contributed by atoms with Gasteiger partial charge in [-0.15, -0.1) is 0 Å². The number of rotatable bonds is 3. The molecular formula is C14H8F6O. The molecule has 0 heterocycles. The van der Waals surface area contributed by atoms with Crippen LogP contribution in [-0.2, 0) is 6.18 Å². The molecule has 0 amide bonds. The predicted octanol–water partition coefficient (Wildman–Crippen LogP) is 5.11. The molecule has 2 rings (SSSR count). The Morgan fingerprint density at radius 1 is 0.857 bits per heavy atom. The number of alkyl halides is 5. The highest BCUT2D eigenvalue weighted by Gasteiger charge is 2.34. The zero-order valence-electron chi connectivity index (χ0n) is 10.3. The van der Waals surface area contributed by atoms with Gasteiger partial charge in [0.1, 0.15) is 0 Å². The predicted molar refractivity (Wildman–Crippen MR) is 63.5 cm³/mol. The van der Waals surface area contributed by atoms with Gasteiger partial charge in [0.15, 0.2) is 11.6 Å². The quantitative estimate of drug-likeness (QED) is 0.716. The van der Waals surface area contributed by atoms with Crippen LogP contribution in [0.25, 0.3) is 11.1 Å². The van der Waals surface area contributed by atoms with Gasteiger partial charge < -0.3 is 4.74 Å². The van der Waals surface area contributed by atoms with E-state index in [-0.39, 0.29) is 5.56 Å². The average Bonchev–Trinajstić information content (AvgIpc) is 2.40. The summed E-state index contributed by atoms with van der Waals surface area (Å²) in [5.41, 5.74) is -1.88. The molecule has 0 radical (unpaired) electrons. The first-order valence-electron chi connectivity index (χ1n) is 5.70. The van der Waals surface area contributed by atoms with Crippen molar-refractivity contribution in [3.05, 3.63) is 53.8 Å². The van der Waals surface area contributed by atoms with Crippen molar-refractivity contribution >= 4 is 0 Å². The molecule has 0 aliphatic heterocycles. The minimum absolute atomic E-state index is 0.386. The second kappa shape index (κ2) is 5.67. The maximum atomic E-state index is 13.6. The van der Waals surface area contributed by atoms with Crippen LogP contribution in [0.3, 0.4) is 0 Å². The minimum atomic E-state index is -4.70. The number of para-hydroxylation sites is 1. The lowest BCUT2D eigenvalue weighted by atomic mass is 9.98. The summed E-state index contributed by atoms with van der Waals surface area (Å²) in [6.45, 7) is -3.35. The molecule has 0 atom stereocenters. The number of benzene rings is 2. The average molecular weight is 306 g/mol. The Kier molecular flexibility index (Phi) is 4.11. The van der Waals surface area contributed by atoms with Gasteiger partial charge in [0.2, 0.25) is 0 Å². The van der Waals surface area contributed by atoms with Crippen LogP contribution in [0.2, 0.25) is 0 Å². The number of halogens is 6. The van der Waals surface area contributed by atoms with Crippen LogP contribution < -0.4 is 4.74 Å². The molecule has 0 N–H and O–H groups in total. The van der Waals surface area contributed by atoms with E-state index in [2.05, 4.69) is 4.74 Å². The van der Waals surface area contributed by atoms with E-state index >= 15 is 0 Å². The Morgan fingerprint density at radius 3 is 2.10 bits per heavy atom. The highest BCUT2D eigenvalue weighted by atomic mass is 19.4. The molecule has 21 heavy (non-hydrogen) atoms. The molecule has 0 aliphatic rings. The van der Waals surface area contributed by atoms with Crippen molar-refractivity contribution in [1.29, 1.82) is 0 Å². The first-order valence-corrected chi connectivity index (χ1v) is 5.70. The van der Waals surface area contributed by atoms with Crippen LogP contribution in [-0.4, -0.2) is 6.61 Å². The number of hydrogen-bond donors (Lipinski definition) is 0. The van der Waals surface area contributed by atoms with E-state index in [1.54, 1.807) is 0 Å². The first-order chi connectivity index (χ1) is 9.80. The van der Waals surface area contributed by atoms with Crippen LogP contribution in [0, 0.1) is 5.82 Å². The third kappa shape index (κ3) is 3.29. The largest absolute Gasteiger partial charge is 0.431 e. The van der Waals surface area contributed by atoms with Crippen LogP contribution in [0.5, 0.6) is 5.75 Å². The number of ether oxygens (including phenoxy) is 1. The standard InChI is InChI=1S/C14H8F6O/c15-11-7-3-5-9(12(11)21-13(16)17)8-4-1-2-6-10(8)14(18,19)20/h1-7,13H. The monoisotopic (exact) mass is 306 g/mol. The lowest BCUT2D eigenvalue weighted by Crippen LogP contribution is -2.09. The summed E-state index contributed by atoms with van der Waals surface area (Å²) in [6, 6.07) is 7.34. The Bertz CT molecular complexity index is 636. The molecule has 0 aromatic heterocycles. The van der Waals surface area contributed by atoms with Crippen molar-refractivity contribution in [2.24, 2.45) is 0 Å². The molecule has 2 aromatic rings. The van der Waals surface area contributed by atoms with Crippen LogP contribution in [0.15, 0.2) is 42.5 Å². The summed E-state index contributed by atoms with van der Waals surface area (Å²) in [4.78, 5) is 0. The van der Waals surface area contributed by atoms with Gasteiger partial charge in [0.05, 0.1) is 5.56 Å². The second-order valence-electron chi connectivity index (χ2n) is 4.04. The van der Waals surface area contributed by atoms with E-state index in [1.807, 2.05) is 0 Å². The number of hydrogen-bond acceptors (Lipinski definition) is 1. The van der Waals surface area contributed by atoms with Gasteiger partial charge in [0, 0.05) is 5.56 Å². The van der Waals surface area contributed by atoms with Gasteiger partial charge in [-0.1, -0.05) is 30.3 Å². The lowest BCUT2D eigenvalue weighted by molar-refractivity contribution is -0.137. The molecule has 0 fully saturated rings. The third-order valence-electron chi connectivity index (χ3n) is 2.70. The van der Waals surface area contributed by atoms with Crippen LogP contribution in [0.4, 0.5) is 26.3 Å². The Balaban J connectivity index is 2.66. The SMILES string of the molecule is Fc1cccc(-c2ccccc2C(F)(F)F)c1OC(F)F. The molecule has 0 spiro atoms. The maximum Gasteiger partial charge on any atom is 0.417 e. The summed E-state index contributed by atoms with van der Waals surface area (Å²) in [7, 11) is 0. The first kappa shape index (κ1) is 15.2. The van der Waals surface area contributed by atoms with Crippen molar-refractivity contribution in [2.45, 2.75) is 12.8 Å². The van der Waals surface area contributed by atoms with E-state index in [0.717, 1.165) is 36.4 Å². The van der Waals surface area contributed by atoms with Crippen molar-refractivity contribution in [3.8, 4) is 16.9 Å². The summed E-state index contributed by atoms with van der Waals surface area (Å²) in [6.07, 6.45) is -4.70. The third-order valence-corrected chi connectivity index (χ3v) is 2.70. The minimum Gasteiger partial charge on any atom is -0.431 e. The molecule has 112 valence electrons. The summed E-state index contributed by atoms with van der Waals surface area (Å²) < 4.78 is 81.1. The highest BCUT2D eigenvalue weighted by Crippen LogP contribution is 2.41. The normalized spacial score (nSPS) is 11.8. The summed E-state index contributed by atoms with van der Waals surface area (Å²) >= 11 is 0. The van der Waals surface area contributed by atoms with E-state index in [9.17, 15) is 26.3 Å². The molecular weight excluding hydrogens is 298 g/mol. The molecule has 1 nitrogen and oxygen atoms in total. The van der Waals surface area contributed by atoms with E-state index < -0.39 is 35.5 Å². The van der Waals surface area contributed by atoms with Crippen molar-refractivity contribution in [1.82, 2.24) is 0 Å². The van der Waals surface area contributed by atoms with E-state index in [4.69, 9.17) is 0 Å². The fourth-order valence-electron chi connectivity index (χ4n) is 1.89. The van der Waals surface area contributed by atoms with Gasteiger partial charge in [-0.3, -0.25) is 0 Å². The van der Waals surface area contributed by atoms with Gasteiger partial charge >= 0.3 is 12.8 Å². The molecule has 0 saturated carbocycles. The fourth-order valence-corrected chi connectivity index (χ4v) is 1.89. The summed E-state index contributed by atoms with van der Waals surface area (Å²) in [5, 5.41) is 0. The Hall–Kier alpha value is -2.18. The fraction of sp³-hybridized carbons (Fsp3) is 0.143. The topological polar surface area (TPSA) is 9.23 Å². The highest BCUT2D eigenvalue weighted by molar-refractivity contribution is 5.74. The van der Waals surface area contributed by atoms with E-state index in [1.165, 1.54) is 6.07 Å². The molecule has 0 aliphatic carbocycles.